The average Bonchev–Trinajstić information content (AvgIpc) is 2.68. The summed E-state index contributed by atoms with van der Waals surface area (Å²) in [5.41, 5.74) is 0.0117. The van der Waals surface area contributed by atoms with Gasteiger partial charge in [0.15, 0.2) is 5.82 Å². The van der Waals surface area contributed by atoms with Crippen LogP contribution in [0.15, 0.2) is 27.7 Å². The van der Waals surface area contributed by atoms with Crippen LogP contribution >= 0.6 is 39.1 Å². The summed E-state index contributed by atoms with van der Waals surface area (Å²) in [4.78, 5) is -0.611. The maximum Gasteiger partial charge on any atom is 1.00 e. The SMILES string of the molecule is CS(=O)(=O)Nc1c(Br)cnn1-c1c(Cl)cc(S(=O)(=O)[O-])cc1Cl.[Li+]. The molecule has 1 aromatic carbocycles. The van der Waals surface area contributed by atoms with Crippen molar-refractivity contribution in [3.8, 4) is 5.69 Å². The van der Waals surface area contributed by atoms with Crippen molar-refractivity contribution in [2.24, 2.45) is 0 Å². The van der Waals surface area contributed by atoms with Gasteiger partial charge in [0.05, 0.1) is 31.9 Å². The first-order valence-electron chi connectivity index (χ1n) is 5.57. The van der Waals surface area contributed by atoms with Crippen LogP contribution in [0.5, 0.6) is 0 Å². The molecule has 126 valence electrons. The summed E-state index contributed by atoms with van der Waals surface area (Å²) in [6.07, 6.45) is 2.23. The summed E-state index contributed by atoms with van der Waals surface area (Å²) < 4.78 is 59.6. The van der Waals surface area contributed by atoms with Crippen LogP contribution in [0.1, 0.15) is 0 Å². The number of nitrogens with zero attached hydrogens (tertiary/aromatic N) is 2. The van der Waals surface area contributed by atoms with Crippen LogP contribution in [0.3, 0.4) is 0 Å². The van der Waals surface area contributed by atoms with Gasteiger partial charge in [-0.2, -0.15) is 5.10 Å². The van der Waals surface area contributed by atoms with Crippen LogP contribution < -0.4 is 23.6 Å². The smallest absolute Gasteiger partial charge is 0.744 e. The molecule has 0 aliphatic rings. The van der Waals surface area contributed by atoms with Gasteiger partial charge in [0, 0.05) is 0 Å². The molecule has 1 heterocycles. The van der Waals surface area contributed by atoms with Gasteiger partial charge in [-0.25, -0.2) is 21.5 Å². The van der Waals surface area contributed by atoms with E-state index in [2.05, 4.69) is 25.8 Å². The Hall–Kier alpha value is -0.253. The third-order valence-corrected chi connectivity index (χ3v) is 5.03. The van der Waals surface area contributed by atoms with Crippen molar-refractivity contribution >= 4 is 65.1 Å². The van der Waals surface area contributed by atoms with Gasteiger partial charge in [-0.15, -0.1) is 0 Å². The zero-order valence-electron chi connectivity index (χ0n) is 12.1. The Labute approximate surface area is 168 Å². The molecule has 24 heavy (non-hydrogen) atoms. The Morgan fingerprint density at radius 2 is 1.71 bits per heavy atom. The molecule has 14 heteroatoms. The van der Waals surface area contributed by atoms with E-state index in [-0.39, 0.29) is 40.4 Å². The summed E-state index contributed by atoms with van der Waals surface area (Å²) in [5.74, 6) is 0.00836. The van der Waals surface area contributed by atoms with E-state index in [1.807, 2.05) is 0 Å². The van der Waals surface area contributed by atoms with Crippen LogP contribution in [-0.4, -0.2) is 37.4 Å². The van der Waals surface area contributed by atoms with Crippen molar-refractivity contribution in [3.05, 3.63) is 32.8 Å². The molecule has 2 rings (SSSR count). The summed E-state index contributed by atoms with van der Waals surface area (Å²) in [6, 6.07) is 1.82. The number of nitrogens with one attached hydrogen (secondary N) is 1. The van der Waals surface area contributed by atoms with Gasteiger partial charge < -0.3 is 4.55 Å². The molecule has 1 N–H and O–H groups in total. The number of anilines is 1. The fraction of sp³-hybridized carbons (Fsp3) is 0.100. The largest absolute Gasteiger partial charge is 1.00 e. The second-order valence-corrected chi connectivity index (χ2v) is 9.11. The number of hydrogen-bond acceptors (Lipinski definition) is 6. The maximum absolute atomic E-state index is 11.4. The quantitative estimate of drug-likeness (QED) is 0.462. The van der Waals surface area contributed by atoms with Crippen molar-refractivity contribution in [3.63, 3.8) is 0 Å². The zero-order chi connectivity index (χ0) is 17.6. The molecule has 8 nitrogen and oxygen atoms in total. The van der Waals surface area contributed by atoms with E-state index < -0.39 is 25.0 Å². The Morgan fingerprint density at radius 1 is 1.21 bits per heavy atom. The monoisotopic (exact) mass is 469 g/mol. The first-order valence-corrected chi connectivity index (χ1v) is 10.4. The van der Waals surface area contributed by atoms with E-state index in [0.717, 1.165) is 23.1 Å². The van der Waals surface area contributed by atoms with Crippen molar-refractivity contribution in [1.29, 1.82) is 0 Å². The molecule has 0 amide bonds. The molecule has 0 aliphatic carbocycles. The van der Waals surface area contributed by atoms with Crippen LogP contribution in [0.25, 0.3) is 5.69 Å². The summed E-state index contributed by atoms with van der Waals surface area (Å²) in [6.45, 7) is 0. The average molecular weight is 471 g/mol. The number of rotatable bonds is 4. The number of halogens is 3. The number of aromatic nitrogens is 2. The first kappa shape index (κ1) is 21.8. The molecule has 0 saturated carbocycles. The first-order chi connectivity index (χ1) is 10.4. The van der Waals surface area contributed by atoms with E-state index >= 15 is 0 Å². The molecule has 0 radical (unpaired) electrons. The minimum Gasteiger partial charge on any atom is -0.744 e. The van der Waals surface area contributed by atoms with Crippen LogP contribution in [0, 0.1) is 0 Å². The minimum absolute atomic E-state index is 0. The molecule has 0 bridgehead atoms. The topological polar surface area (TPSA) is 121 Å². The number of sulfonamides is 1. The molecule has 0 atom stereocenters. The van der Waals surface area contributed by atoms with Gasteiger partial charge >= 0.3 is 18.9 Å². The molecule has 0 unspecified atom stereocenters. The third kappa shape index (κ3) is 4.89. The van der Waals surface area contributed by atoms with Crippen LogP contribution in [0.2, 0.25) is 10.0 Å². The van der Waals surface area contributed by atoms with E-state index in [0.29, 0.717) is 4.47 Å². The Bertz CT molecular complexity index is 971. The van der Waals surface area contributed by atoms with E-state index in [1.165, 1.54) is 6.20 Å². The van der Waals surface area contributed by atoms with E-state index in [9.17, 15) is 21.4 Å². The van der Waals surface area contributed by atoms with Gasteiger partial charge in [-0.3, -0.25) is 4.72 Å². The van der Waals surface area contributed by atoms with Gasteiger partial charge in [0.2, 0.25) is 10.0 Å². The Kier molecular flexibility index (Phi) is 6.86. The second kappa shape index (κ2) is 7.55. The van der Waals surface area contributed by atoms with Crippen molar-refractivity contribution in [2.75, 3.05) is 11.0 Å². The predicted molar refractivity (Wildman–Crippen MR) is 87.7 cm³/mol. The van der Waals surface area contributed by atoms with E-state index in [4.69, 9.17) is 23.2 Å². The fourth-order valence-electron chi connectivity index (χ4n) is 1.65. The number of hydrogen-bond donors (Lipinski definition) is 1. The van der Waals surface area contributed by atoms with Crippen LogP contribution in [0.4, 0.5) is 5.82 Å². The summed E-state index contributed by atoms with van der Waals surface area (Å²) in [5, 5.41) is 3.54. The van der Waals surface area contributed by atoms with Crippen LogP contribution in [-0.2, 0) is 20.1 Å². The van der Waals surface area contributed by atoms with Gasteiger partial charge in [-0.1, -0.05) is 23.2 Å². The normalized spacial score (nSPS) is 11.9. The molecule has 0 saturated heterocycles. The zero-order valence-corrected chi connectivity index (χ0v) is 16.8. The summed E-state index contributed by atoms with van der Waals surface area (Å²) in [7, 11) is -8.38. The van der Waals surface area contributed by atoms with Gasteiger partial charge in [-0.05, 0) is 28.1 Å². The van der Waals surface area contributed by atoms with Gasteiger partial charge in [0.25, 0.3) is 0 Å². The third-order valence-electron chi connectivity index (χ3n) is 2.50. The molecular weight excluding hydrogens is 464 g/mol. The standard InChI is InChI=1S/C10H8BrCl2N3O5S2.Li/c1-22(17,18)15-10-6(11)4-14-16(10)9-7(12)2-5(3-8(9)13)23(19,20)21;/h2-4,15H,1H3,(H,19,20,21);/q;+1/p-1. The molecule has 1 aromatic heterocycles. The second-order valence-electron chi connectivity index (χ2n) is 4.32. The Morgan fingerprint density at radius 3 is 2.12 bits per heavy atom. The molecular formula is C10H7BrCl2LiN3O5S2. The van der Waals surface area contributed by atoms with E-state index in [1.54, 1.807) is 0 Å². The number of benzene rings is 1. The molecule has 0 fully saturated rings. The Balaban J connectivity index is 0.00000288. The minimum atomic E-state index is -4.75. The maximum atomic E-state index is 11.4. The van der Waals surface area contributed by atoms with Crippen molar-refractivity contribution in [2.45, 2.75) is 4.90 Å². The molecule has 0 spiro atoms. The predicted octanol–water partition coefficient (Wildman–Crippen LogP) is -0.779. The molecule has 2 aromatic rings. The fourth-order valence-corrected chi connectivity index (χ4v) is 3.99. The van der Waals surface area contributed by atoms with Crippen molar-refractivity contribution in [1.82, 2.24) is 9.78 Å². The molecule has 0 aliphatic heterocycles. The van der Waals surface area contributed by atoms with Gasteiger partial charge in [0.1, 0.15) is 15.8 Å². The summed E-state index contributed by atoms with van der Waals surface area (Å²) >= 11 is 15.1. The van der Waals surface area contributed by atoms with Crippen molar-refractivity contribution < 1.29 is 40.2 Å².